The molecule has 8 heteroatoms. The van der Waals surface area contributed by atoms with Crippen molar-refractivity contribution in [3.63, 3.8) is 0 Å². The Morgan fingerprint density at radius 1 is 0.594 bits per heavy atom. The van der Waals surface area contributed by atoms with Crippen LogP contribution in [0.5, 0.6) is 0 Å². The van der Waals surface area contributed by atoms with Crippen LogP contribution < -0.4 is 0 Å². The molecule has 0 heterocycles. The van der Waals surface area contributed by atoms with Crippen molar-refractivity contribution in [2.45, 2.75) is 148 Å². The highest BCUT2D eigenvalue weighted by molar-refractivity contribution is 7.40. The lowest BCUT2D eigenvalue weighted by atomic mass is 9.98. The maximum atomic E-state index is 9.77. The summed E-state index contributed by atoms with van der Waals surface area (Å²) >= 11 is 0. The third-order valence-corrected chi connectivity index (χ3v) is 7.66. The van der Waals surface area contributed by atoms with Crippen LogP contribution >= 0.6 is 17.2 Å². The van der Waals surface area contributed by atoms with Gasteiger partial charge in [0.15, 0.2) is 0 Å². The monoisotopic (exact) mass is 496 g/mol. The minimum absolute atomic E-state index is 0.244. The number of hydrogen-bond donors (Lipinski definition) is 3. The van der Waals surface area contributed by atoms with E-state index in [9.17, 15) is 4.89 Å². The highest BCUT2D eigenvalue weighted by Crippen LogP contribution is 2.41. The van der Waals surface area contributed by atoms with Gasteiger partial charge in [-0.05, 0) is 32.1 Å². The minimum Gasteiger partial charge on any atom is -0.328 e. The summed E-state index contributed by atoms with van der Waals surface area (Å²) in [7, 11) is -3.76. The van der Waals surface area contributed by atoms with Crippen molar-refractivity contribution in [3.8, 4) is 0 Å². The number of unbranched alkanes of at least 4 members (excludes halogenated alkanes) is 9. The van der Waals surface area contributed by atoms with E-state index in [1.54, 1.807) is 0 Å². The molecular formula is C24H50O6P2. The van der Waals surface area contributed by atoms with Gasteiger partial charge in [0, 0.05) is 0 Å². The zero-order chi connectivity index (χ0) is 23.3. The van der Waals surface area contributed by atoms with Crippen LogP contribution in [0.15, 0.2) is 0 Å². The fourth-order valence-corrected chi connectivity index (χ4v) is 5.63. The first-order valence-electron chi connectivity index (χ1n) is 13.2. The molecule has 0 spiro atoms. The molecule has 0 aromatic carbocycles. The van der Waals surface area contributed by atoms with Crippen molar-refractivity contribution < 1.29 is 28.3 Å². The van der Waals surface area contributed by atoms with E-state index in [-0.39, 0.29) is 12.2 Å². The van der Waals surface area contributed by atoms with Gasteiger partial charge in [0.2, 0.25) is 0 Å². The van der Waals surface area contributed by atoms with Gasteiger partial charge in [-0.25, -0.2) is 0 Å². The van der Waals surface area contributed by atoms with Gasteiger partial charge in [0.05, 0.1) is 18.8 Å². The first kappa shape index (κ1) is 30.7. The zero-order valence-corrected chi connectivity index (χ0v) is 22.3. The predicted octanol–water partition coefficient (Wildman–Crippen LogP) is 8.04. The summed E-state index contributed by atoms with van der Waals surface area (Å²) in [6.07, 6.45) is 25.2. The molecule has 2 saturated carbocycles. The lowest BCUT2D eigenvalue weighted by Gasteiger charge is -2.27. The summed E-state index contributed by atoms with van der Waals surface area (Å²) in [5, 5.41) is 0. The Morgan fingerprint density at radius 3 is 1.41 bits per heavy atom. The molecule has 32 heavy (non-hydrogen) atoms. The third kappa shape index (κ3) is 19.0. The maximum Gasteiger partial charge on any atom is 0.330 e. The van der Waals surface area contributed by atoms with Gasteiger partial charge in [-0.15, -0.1) is 0 Å². The van der Waals surface area contributed by atoms with Gasteiger partial charge in [0.25, 0.3) is 0 Å². The maximum absolute atomic E-state index is 9.77. The standard InChI is InChI=1S/C12H23O3P.C12H27O3P/c13-16(14-11-7-3-1-4-8-11)15-12-9-5-2-6-10-12;1-2-3-4-5-6-7-8-9-10-11-12-15-16(13)14/h11-13H,1-10H2;13-14H,2-12H2,1H3. The van der Waals surface area contributed by atoms with E-state index in [4.69, 9.17) is 18.8 Å². The van der Waals surface area contributed by atoms with Crippen LogP contribution in [0.25, 0.3) is 0 Å². The predicted molar refractivity (Wildman–Crippen MR) is 134 cm³/mol. The number of rotatable bonds is 16. The van der Waals surface area contributed by atoms with Crippen LogP contribution in [0, 0.1) is 0 Å². The van der Waals surface area contributed by atoms with Gasteiger partial charge in [-0.3, -0.25) is 0 Å². The van der Waals surface area contributed by atoms with Crippen molar-refractivity contribution in [2.75, 3.05) is 6.61 Å². The molecule has 0 bridgehead atoms. The molecule has 0 saturated heterocycles. The summed E-state index contributed by atoms with van der Waals surface area (Å²) in [5.41, 5.74) is 0. The molecule has 0 atom stereocenters. The molecule has 192 valence electrons. The van der Waals surface area contributed by atoms with Crippen LogP contribution in [0.4, 0.5) is 0 Å². The van der Waals surface area contributed by atoms with Gasteiger partial charge >= 0.3 is 17.2 Å². The average molecular weight is 497 g/mol. The van der Waals surface area contributed by atoms with E-state index >= 15 is 0 Å². The molecule has 0 unspecified atom stereocenters. The van der Waals surface area contributed by atoms with Crippen molar-refractivity contribution in [3.05, 3.63) is 0 Å². The van der Waals surface area contributed by atoms with E-state index in [0.29, 0.717) is 6.61 Å². The van der Waals surface area contributed by atoms with Gasteiger partial charge in [0.1, 0.15) is 0 Å². The van der Waals surface area contributed by atoms with E-state index in [2.05, 4.69) is 11.4 Å². The first-order valence-corrected chi connectivity index (χ1v) is 15.5. The van der Waals surface area contributed by atoms with Gasteiger partial charge in [-0.2, -0.15) is 0 Å². The molecule has 0 aromatic rings. The van der Waals surface area contributed by atoms with Crippen molar-refractivity contribution in [1.82, 2.24) is 0 Å². The Morgan fingerprint density at radius 2 is 1.00 bits per heavy atom. The summed E-state index contributed by atoms with van der Waals surface area (Å²) in [4.78, 5) is 26.8. The molecule has 2 rings (SSSR count). The summed E-state index contributed by atoms with van der Waals surface area (Å²) < 4.78 is 15.9. The average Bonchev–Trinajstić information content (AvgIpc) is 2.79. The van der Waals surface area contributed by atoms with Gasteiger partial charge < -0.3 is 28.3 Å². The second-order valence-corrected chi connectivity index (χ2v) is 10.9. The van der Waals surface area contributed by atoms with E-state index < -0.39 is 17.2 Å². The quantitative estimate of drug-likeness (QED) is 0.148. The number of hydrogen-bond acceptors (Lipinski definition) is 6. The molecule has 0 radical (unpaired) electrons. The summed E-state index contributed by atoms with van der Waals surface area (Å²) in [5.74, 6) is 0. The van der Waals surface area contributed by atoms with Crippen LogP contribution in [0.1, 0.15) is 135 Å². The Kier molecular flexibility index (Phi) is 21.2. The van der Waals surface area contributed by atoms with Gasteiger partial charge in [-0.1, -0.05) is 103 Å². The Balaban J connectivity index is 0.000000320. The lowest BCUT2D eigenvalue weighted by Crippen LogP contribution is -2.18. The van der Waals surface area contributed by atoms with Crippen LogP contribution in [-0.4, -0.2) is 33.5 Å². The normalized spacial score (nSPS) is 18.2. The Labute approximate surface area is 199 Å². The minimum atomic E-state index is -2.14. The van der Waals surface area contributed by atoms with Crippen LogP contribution in [-0.2, 0) is 13.6 Å². The van der Waals surface area contributed by atoms with E-state index in [1.807, 2.05) is 0 Å². The molecule has 2 aliphatic carbocycles. The molecular weight excluding hydrogens is 446 g/mol. The SMILES string of the molecule is CCCCCCCCCCCCOP(O)O.OP(OC1CCCCC1)OC1CCCCC1. The Bertz CT molecular complexity index is 371. The second-order valence-electron chi connectivity index (χ2n) is 9.24. The third-order valence-electron chi connectivity index (χ3n) is 6.29. The zero-order valence-electron chi connectivity index (χ0n) is 20.5. The molecule has 0 amide bonds. The highest BCUT2D eigenvalue weighted by atomic mass is 31.2. The smallest absolute Gasteiger partial charge is 0.328 e. The lowest BCUT2D eigenvalue weighted by molar-refractivity contribution is 0.0770. The largest absolute Gasteiger partial charge is 0.330 e. The van der Waals surface area contributed by atoms with Crippen LogP contribution in [0.2, 0.25) is 0 Å². The van der Waals surface area contributed by atoms with E-state index in [0.717, 1.165) is 38.5 Å². The van der Waals surface area contributed by atoms with Crippen molar-refractivity contribution in [1.29, 1.82) is 0 Å². The fourth-order valence-electron chi connectivity index (χ4n) is 4.36. The fraction of sp³-hybridized carbons (Fsp3) is 1.00. The second kappa shape index (κ2) is 22.1. The van der Waals surface area contributed by atoms with Crippen molar-refractivity contribution >= 4 is 17.2 Å². The topological polar surface area (TPSA) is 88.4 Å². The van der Waals surface area contributed by atoms with Crippen molar-refractivity contribution in [2.24, 2.45) is 0 Å². The summed E-state index contributed by atoms with van der Waals surface area (Å²) in [6, 6.07) is 0. The highest BCUT2D eigenvalue weighted by Gasteiger charge is 2.23. The molecule has 3 N–H and O–H groups in total. The molecule has 0 aromatic heterocycles. The molecule has 2 aliphatic rings. The molecule has 6 nitrogen and oxygen atoms in total. The first-order chi connectivity index (χ1) is 15.6. The Hall–Kier alpha value is 0.620. The molecule has 2 fully saturated rings. The van der Waals surface area contributed by atoms with Crippen LogP contribution in [0.3, 0.4) is 0 Å². The summed E-state index contributed by atoms with van der Waals surface area (Å²) in [6.45, 7) is 2.72. The molecule has 0 aliphatic heterocycles. The van der Waals surface area contributed by atoms with E-state index in [1.165, 1.54) is 89.9 Å².